The van der Waals surface area contributed by atoms with Gasteiger partial charge in [-0.3, -0.25) is 4.79 Å². The molecule has 0 saturated carbocycles. The van der Waals surface area contributed by atoms with Crippen LogP contribution in [0, 0.1) is 0 Å². The average Bonchev–Trinajstić information content (AvgIpc) is 2.15. The summed E-state index contributed by atoms with van der Waals surface area (Å²) < 4.78 is 5.76. The highest BCUT2D eigenvalue weighted by Crippen LogP contribution is 2.21. The van der Waals surface area contributed by atoms with Gasteiger partial charge in [-0.2, -0.15) is 0 Å². The first kappa shape index (κ1) is 12.5. The van der Waals surface area contributed by atoms with Crippen LogP contribution >= 0.6 is 0 Å². The van der Waals surface area contributed by atoms with E-state index in [4.69, 9.17) is 10.5 Å². The molecule has 1 aliphatic rings. The van der Waals surface area contributed by atoms with E-state index in [-0.39, 0.29) is 17.6 Å². The monoisotopic (exact) mass is 214 g/mol. The SMILES string of the molecule is CCCC(=O)N1CC(CN)OC(C)(C)C1. The Bertz CT molecular complexity index is 229. The number of amides is 1. The molecule has 1 aliphatic heterocycles. The maximum absolute atomic E-state index is 11.8. The molecule has 1 unspecified atom stereocenters. The molecule has 0 bridgehead atoms. The lowest BCUT2D eigenvalue weighted by Crippen LogP contribution is -2.56. The van der Waals surface area contributed by atoms with Gasteiger partial charge in [0, 0.05) is 26.1 Å². The molecule has 1 heterocycles. The van der Waals surface area contributed by atoms with Crippen molar-refractivity contribution in [3.8, 4) is 0 Å². The van der Waals surface area contributed by atoms with Gasteiger partial charge in [0.25, 0.3) is 0 Å². The van der Waals surface area contributed by atoms with Crippen LogP contribution in [0.1, 0.15) is 33.6 Å². The number of carbonyl (C=O) groups is 1. The minimum absolute atomic E-state index is 0.0189. The molecule has 0 aromatic rings. The van der Waals surface area contributed by atoms with Crippen LogP contribution in [-0.4, -0.2) is 42.1 Å². The predicted molar refractivity (Wildman–Crippen MR) is 59.5 cm³/mol. The molecule has 0 aromatic carbocycles. The molecule has 2 N–H and O–H groups in total. The Labute approximate surface area is 91.8 Å². The van der Waals surface area contributed by atoms with E-state index in [9.17, 15) is 4.79 Å². The number of morpholine rings is 1. The fourth-order valence-corrected chi connectivity index (χ4v) is 1.98. The molecule has 4 heteroatoms. The first-order valence-electron chi connectivity index (χ1n) is 5.64. The number of rotatable bonds is 3. The zero-order chi connectivity index (χ0) is 11.5. The molecule has 88 valence electrons. The minimum atomic E-state index is -0.272. The quantitative estimate of drug-likeness (QED) is 0.754. The summed E-state index contributed by atoms with van der Waals surface area (Å²) in [6, 6.07) is 0. The summed E-state index contributed by atoms with van der Waals surface area (Å²) in [4.78, 5) is 13.7. The summed E-state index contributed by atoms with van der Waals surface area (Å²) in [7, 11) is 0. The summed E-state index contributed by atoms with van der Waals surface area (Å²) in [5, 5.41) is 0. The smallest absolute Gasteiger partial charge is 0.222 e. The molecule has 4 nitrogen and oxygen atoms in total. The third-order valence-electron chi connectivity index (χ3n) is 2.56. The summed E-state index contributed by atoms with van der Waals surface area (Å²) in [6.07, 6.45) is 1.49. The van der Waals surface area contributed by atoms with Crippen LogP contribution in [0.2, 0.25) is 0 Å². The number of carbonyl (C=O) groups excluding carboxylic acids is 1. The van der Waals surface area contributed by atoms with Gasteiger partial charge < -0.3 is 15.4 Å². The van der Waals surface area contributed by atoms with Crippen molar-refractivity contribution in [3.05, 3.63) is 0 Å². The zero-order valence-electron chi connectivity index (χ0n) is 9.95. The van der Waals surface area contributed by atoms with E-state index in [0.29, 0.717) is 26.1 Å². The van der Waals surface area contributed by atoms with Crippen molar-refractivity contribution < 1.29 is 9.53 Å². The third kappa shape index (κ3) is 3.47. The Morgan fingerprint density at radius 3 is 2.80 bits per heavy atom. The number of nitrogens with two attached hydrogens (primary N) is 1. The number of ether oxygens (including phenoxy) is 1. The van der Waals surface area contributed by atoms with Crippen LogP contribution in [0.4, 0.5) is 0 Å². The van der Waals surface area contributed by atoms with Crippen LogP contribution in [0.3, 0.4) is 0 Å². The van der Waals surface area contributed by atoms with Gasteiger partial charge in [0.05, 0.1) is 11.7 Å². The molecular weight excluding hydrogens is 192 g/mol. The molecule has 1 amide bonds. The van der Waals surface area contributed by atoms with E-state index in [1.54, 1.807) is 0 Å². The molecule has 0 aliphatic carbocycles. The van der Waals surface area contributed by atoms with E-state index in [1.807, 2.05) is 25.7 Å². The van der Waals surface area contributed by atoms with Crippen molar-refractivity contribution in [2.75, 3.05) is 19.6 Å². The molecule has 0 aromatic heterocycles. The Morgan fingerprint density at radius 1 is 1.60 bits per heavy atom. The summed E-state index contributed by atoms with van der Waals surface area (Å²) >= 11 is 0. The van der Waals surface area contributed by atoms with Crippen molar-refractivity contribution in [2.45, 2.75) is 45.3 Å². The molecule has 15 heavy (non-hydrogen) atoms. The normalized spacial score (nSPS) is 25.3. The van der Waals surface area contributed by atoms with E-state index in [2.05, 4.69) is 0 Å². The van der Waals surface area contributed by atoms with E-state index in [0.717, 1.165) is 6.42 Å². The highest BCUT2D eigenvalue weighted by Gasteiger charge is 2.34. The Hall–Kier alpha value is -0.610. The lowest BCUT2D eigenvalue weighted by Gasteiger charge is -2.42. The first-order chi connectivity index (χ1) is 6.98. The highest BCUT2D eigenvalue weighted by atomic mass is 16.5. The molecule has 0 radical (unpaired) electrons. The Balaban J connectivity index is 2.61. The van der Waals surface area contributed by atoms with Gasteiger partial charge in [0.2, 0.25) is 5.91 Å². The number of nitrogens with zero attached hydrogens (tertiary/aromatic N) is 1. The topological polar surface area (TPSA) is 55.6 Å². The molecule has 1 saturated heterocycles. The van der Waals surface area contributed by atoms with Crippen LogP contribution in [0.25, 0.3) is 0 Å². The lowest BCUT2D eigenvalue weighted by molar-refractivity contribution is -0.159. The van der Waals surface area contributed by atoms with Gasteiger partial charge in [-0.05, 0) is 20.3 Å². The summed E-state index contributed by atoms with van der Waals surface area (Å²) in [6.45, 7) is 7.80. The molecule has 1 atom stereocenters. The van der Waals surface area contributed by atoms with Crippen LogP contribution < -0.4 is 5.73 Å². The van der Waals surface area contributed by atoms with Crippen molar-refractivity contribution in [1.82, 2.24) is 4.90 Å². The van der Waals surface area contributed by atoms with Gasteiger partial charge in [-0.1, -0.05) is 6.92 Å². The van der Waals surface area contributed by atoms with Crippen LogP contribution in [-0.2, 0) is 9.53 Å². The van der Waals surface area contributed by atoms with Crippen molar-refractivity contribution in [3.63, 3.8) is 0 Å². The van der Waals surface area contributed by atoms with Gasteiger partial charge in [-0.25, -0.2) is 0 Å². The maximum Gasteiger partial charge on any atom is 0.222 e. The average molecular weight is 214 g/mol. The largest absolute Gasteiger partial charge is 0.367 e. The lowest BCUT2D eigenvalue weighted by atomic mass is 10.0. The maximum atomic E-state index is 11.8. The van der Waals surface area contributed by atoms with E-state index < -0.39 is 0 Å². The van der Waals surface area contributed by atoms with E-state index in [1.165, 1.54) is 0 Å². The Morgan fingerprint density at radius 2 is 2.27 bits per heavy atom. The van der Waals surface area contributed by atoms with Gasteiger partial charge >= 0.3 is 0 Å². The summed E-state index contributed by atoms with van der Waals surface area (Å²) in [5.41, 5.74) is 5.33. The predicted octanol–water partition coefficient (Wildman–Crippen LogP) is 0.751. The second-order valence-electron chi connectivity index (χ2n) is 4.76. The molecule has 1 fully saturated rings. The number of hydrogen-bond donors (Lipinski definition) is 1. The second kappa shape index (κ2) is 4.94. The standard InChI is InChI=1S/C11H22N2O2/c1-4-5-10(14)13-7-9(6-12)15-11(2,3)8-13/h9H,4-8,12H2,1-3H3. The van der Waals surface area contributed by atoms with Crippen LogP contribution in [0.15, 0.2) is 0 Å². The minimum Gasteiger partial charge on any atom is -0.367 e. The second-order valence-corrected chi connectivity index (χ2v) is 4.76. The van der Waals surface area contributed by atoms with Gasteiger partial charge in [0.1, 0.15) is 0 Å². The highest BCUT2D eigenvalue weighted by molar-refractivity contribution is 5.76. The zero-order valence-corrected chi connectivity index (χ0v) is 9.95. The first-order valence-corrected chi connectivity index (χ1v) is 5.64. The van der Waals surface area contributed by atoms with Gasteiger partial charge in [-0.15, -0.1) is 0 Å². The molecular formula is C11H22N2O2. The summed E-state index contributed by atoms with van der Waals surface area (Å²) in [5.74, 6) is 0.215. The van der Waals surface area contributed by atoms with Crippen molar-refractivity contribution in [1.29, 1.82) is 0 Å². The Kier molecular flexibility index (Phi) is 4.11. The van der Waals surface area contributed by atoms with Crippen molar-refractivity contribution in [2.24, 2.45) is 5.73 Å². The third-order valence-corrected chi connectivity index (χ3v) is 2.56. The van der Waals surface area contributed by atoms with Gasteiger partial charge in [0.15, 0.2) is 0 Å². The molecule has 1 rings (SSSR count). The molecule has 0 spiro atoms. The fourth-order valence-electron chi connectivity index (χ4n) is 1.98. The van der Waals surface area contributed by atoms with E-state index >= 15 is 0 Å². The van der Waals surface area contributed by atoms with Crippen molar-refractivity contribution >= 4 is 5.91 Å². The number of hydrogen-bond acceptors (Lipinski definition) is 3. The fraction of sp³-hybridized carbons (Fsp3) is 0.909. The van der Waals surface area contributed by atoms with Crippen LogP contribution in [0.5, 0.6) is 0 Å².